The molecule has 9 rings (SSSR count). The van der Waals surface area contributed by atoms with Gasteiger partial charge in [-0.2, -0.15) is 0 Å². The second-order valence-electron chi connectivity index (χ2n) is 15.2. The van der Waals surface area contributed by atoms with Crippen molar-refractivity contribution in [2.24, 2.45) is 0 Å². The standard InChI is InChI=1S/C47H40N3O3.Pt/c1-27-12-10-13-28(2)42(27)30-20-21-48-36(23-30)29-14-11-15-32(22-29)47(6,7)43-45-50(44(49-43)34-19-18-31(24-38(34)51)46(3,4)5)37-26-40-35(25-41(37)53-45)33-16-8-9-17-39(33)52-40;/h8-21,23-26,51H,1-7H3;/q-1;/i1D3,2D3;. The Kier molecular flexibility index (Phi) is 6.89. The number of para-hydroxylation sites is 1. The first-order chi connectivity index (χ1) is 27.8. The zero-order valence-corrected chi connectivity index (χ0v) is 32.6. The van der Waals surface area contributed by atoms with Gasteiger partial charge in [0.1, 0.15) is 22.6 Å². The Hall–Kier alpha value is -5.45. The number of furan rings is 1. The molecule has 0 aliphatic heterocycles. The number of aromatic nitrogens is 3. The monoisotopic (exact) mass is 895 g/mol. The van der Waals surface area contributed by atoms with Crippen LogP contribution in [0.4, 0.5) is 0 Å². The van der Waals surface area contributed by atoms with Crippen LogP contribution in [0.1, 0.15) is 70.8 Å². The van der Waals surface area contributed by atoms with Gasteiger partial charge < -0.3 is 18.9 Å². The van der Waals surface area contributed by atoms with Crippen LogP contribution in [0.5, 0.6) is 5.75 Å². The Bertz CT molecular complexity index is 3100. The van der Waals surface area contributed by atoms with Crippen LogP contribution in [0.25, 0.3) is 72.5 Å². The number of pyridine rings is 1. The smallest absolute Gasteiger partial charge is 0.229 e. The van der Waals surface area contributed by atoms with Gasteiger partial charge in [0.05, 0.1) is 11.1 Å². The van der Waals surface area contributed by atoms with E-state index in [1.54, 1.807) is 24.4 Å². The van der Waals surface area contributed by atoms with Crippen LogP contribution in [0.3, 0.4) is 0 Å². The normalized spacial score (nSPS) is 14.4. The van der Waals surface area contributed by atoms with E-state index in [0.717, 1.165) is 33.0 Å². The summed E-state index contributed by atoms with van der Waals surface area (Å²) < 4.78 is 64.2. The van der Waals surface area contributed by atoms with Gasteiger partial charge in [0, 0.05) is 57.7 Å². The van der Waals surface area contributed by atoms with Crippen LogP contribution in [0.2, 0.25) is 0 Å². The molecule has 54 heavy (non-hydrogen) atoms. The van der Waals surface area contributed by atoms with Gasteiger partial charge in [0.2, 0.25) is 5.71 Å². The van der Waals surface area contributed by atoms with Gasteiger partial charge in [0.15, 0.2) is 11.4 Å². The number of phenols is 1. The molecule has 0 amide bonds. The fourth-order valence-electron chi connectivity index (χ4n) is 7.31. The number of aromatic hydroxyl groups is 1. The summed E-state index contributed by atoms with van der Waals surface area (Å²) >= 11 is 0. The molecule has 0 saturated carbocycles. The van der Waals surface area contributed by atoms with Crippen molar-refractivity contribution in [1.82, 2.24) is 14.4 Å². The number of nitrogens with zero attached hydrogens (tertiary/aromatic N) is 3. The van der Waals surface area contributed by atoms with Gasteiger partial charge in [0.25, 0.3) is 0 Å². The van der Waals surface area contributed by atoms with Gasteiger partial charge in [-0.25, -0.2) is 4.98 Å². The molecule has 0 fully saturated rings. The molecule has 0 radical (unpaired) electrons. The number of imidazole rings is 1. The summed E-state index contributed by atoms with van der Waals surface area (Å²) in [5.74, 6) is 0.591. The molecule has 0 aliphatic rings. The van der Waals surface area contributed by atoms with Crippen LogP contribution in [0, 0.1) is 19.8 Å². The number of rotatable bonds is 5. The van der Waals surface area contributed by atoms with Crippen molar-refractivity contribution >= 4 is 38.8 Å². The molecule has 0 spiro atoms. The summed E-state index contributed by atoms with van der Waals surface area (Å²) in [6, 6.07) is 34.5. The summed E-state index contributed by atoms with van der Waals surface area (Å²) in [6.07, 6.45) is 1.55. The summed E-state index contributed by atoms with van der Waals surface area (Å²) in [6.45, 7) is 5.25. The van der Waals surface area contributed by atoms with E-state index in [1.807, 2.05) is 85.0 Å². The van der Waals surface area contributed by atoms with Gasteiger partial charge in [-0.05, 0) is 83.0 Å². The van der Waals surface area contributed by atoms with E-state index >= 15 is 0 Å². The minimum absolute atomic E-state index is 0. The maximum absolute atomic E-state index is 11.6. The number of fused-ring (bicyclic) bond motifs is 6. The molecule has 4 heterocycles. The minimum Gasteiger partial charge on any atom is -0.507 e. The molecule has 4 aromatic heterocycles. The number of aryl methyl sites for hydroxylation is 2. The first-order valence-electron chi connectivity index (χ1n) is 20.5. The maximum Gasteiger partial charge on any atom is 0.229 e. The molecule has 0 saturated heterocycles. The van der Waals surface area contributed by atoms with Crippen LogP contribution >= 0.6 is 0 Å². The molecule has 0 unspecified atom stereocenters. The Balaban J connectivity index is 0.00000499. The van der Waals surface area contributed by atoms with Crippen LogP contribution < -0.4 is 0 Å². The van der Waals surface area contributed by atoms with Crippen molar-refractivity contribution in [3.05, 3.63) is 143 Å². The SMILES string of the molecule is [2H]C([2H])([2H])c1cccc(C([2H])([2H])[2H])c1-c1ccnc(-c2[c-]c(C(C)(C)c3nc(-c4ccc(C(C)(C)C)cc4O)n4c3oc3cc5c(cc34)oc3ccccc35)ccc2)c1.[Pt]. The third-order valence-electron chi connectivity index (χ3n) is 10.3. The molecule has 5 aromatic carbocycles. The average molecular weight is 896 g/mol. The minimum atomic E-state index is -2.55. The molecule has 0 aliphatic carbocycles. The fraction of sp³-hybridized carbons (Fsp3) is 0.191. The molecule has 6 nitrogen and oxygen atoms in total. The van der Waals surface area contributed by atoms with Crippen LogP contribution in [-0.4, -0.2) is 19.5 Å². The van der Waals surface area contributed by atoms with E-state index in [1.165, 1.54) is 18.2 Å². The average Bonchev–Trinajstić information content (AvgIpc) is 3.86. The third-order valence-corrected chi connectivity index (χ3v) is 10.3. The van der Waals surface area contributed by atoms with Crippen LogP contribution in [-0.2, 0) is 31.9 Å². The molecule has 272 valence electrons. The van der Waals surface area contributed by atoms with Crippen molar-refractivity contribution in [2.45, 2.75) is 59.2 Å². The van der Waals surface area contributed by atoms with Crippen molar-refractivity contribution in [2.75, 3.05) is 0 Å². The van der Waals surface area contributed by atoms with Crippen molar-refractivity contribution < 1.29 is 43.2 Å². The third kappa shape index (κ3) is 5.67. The number of benzene rings is 5. The Morgan fingerprint density at radius 3 is 2.30 bits per heavy atom. The number of hydrogen-bond acceptors (Lipinski definition) is 5. The van der Waals surface area contributed by atoms with E-state index in [0.29, 0.717) is 50.8 Å². The summed E-state index contributed by atoms with van der Waals surface area (Å²) in [7, 11) is 0. The maximum atomic E-state index is 11.6. The zero-order valence-electron chi connectivity index (χ0n) is 36.3. The van der Waals surface area contributed by atoms with E-state index in [-0.39, 0.29) is 48.9 Å². The fourth-order valence-corrected chi connectivity index (χ4v) is 7.31. The molecule has 1 N–H and O–H groups in total. The first kappa shape index (κ1) is 29.0. The van der Waals surface area contributed by atoms with Crippen molar-refractivity contribution in [3.8, 4) is 39.5 Å². The quantitative estimate of drug-likeness (QED) is 0.174. The Morgan fingerprint density at radius 1 is 0.759 bits per heavy atom. The molecular formula is C47H40N3O3Pt-. The molecule has 9 aromatic rings. The van der Waals surface area contributed by atoms with Crippen molar-refractivity contribution in [3.63, 3.8) is 0 Å². The van der Waals surface area contributed by atoms with Crippen LogP contribution in [0.15, 0.2) is 118 Å². The van der Waals surface area contributed by atoms with Gasteiger partial charge in [-0.1, -0.05) is 83.1 Å². The van der Waals surface area contributed by atoms with E-state index in [9.17, 15) is 5.11 Å². The number of phenolic OH excluding ortho intramolecular Hbond substituents is 1. The zero-order chi connectivity index (χ0) is 41.8. The summed E-state index contributed by atoms with van der Waals surface area (Å²) in [4.78, 5) is 9.88. The topological polar surface area (TPSA) is 76.7 Å². The predicted molar refractivity (Wildman–Crippen MR) is 214 cm³/mol. The van der Waals surface area contributed by atoms with Gasteiger partial charge >= 0.3 is 0 Å². The Labute approximate surface area is 337 Å². The van der Waals surface area contributed by atoms with E-state index in [2.05, 4.69) is 31.8 Å². The number of oxazole rings is 1. The van der Waals surface area contributed by atoms with E-state index in [4.69, 9.17) is 22.0 Å². The molecular weight excluding hydrogens is 850 g/mol. The number of hydrogen-bond donors (Lipinski definition) is 1. The largest absolute Gasteiger partial charge is 0.507 e. The Morgan fingerprint density at radius 2 is 1.54 bits per heavy atom. The van der Waals surface area contributed by atoms with Gasteiger partial charge in [-0.3, -0.25) is 4.40 Å². The summed E-state index contributed by atoms with van der Waals surface area (Å²) in [5, 5.41) is 13.5. The van der Waals surface area contributed by atoms with Gasteiger partial charge in [-0.15, -0.1) is 35.4 Å². The second kappa shape index (κ2) is 12.8. The second-order valence-corrected chi connectivity index (χ2v) is 15.2. The summed E-state index contributed by atoms with van der Waals surface area (Å²) in [5.41, 5.74) is 6.72. The molecule has 0 bridgehead atoms. The first-order valence-corrected chi connectivity index (χ1v) is 17.5. The van der Waals surface area contributed by atoms with E-state index < -0.39 is 19.1 Å². The van der Waals surface area contributed by atoms with Crippen molar-refractivity contribution in [1.29, 1.82) is 0 Å². The molecule has 0 atom stereocenters. The predicted octanol–water partition coefficient (Wildman–Crippen LogP) is 12.1. The molecule has 7 heteroatoms.